The Morgan fingerprint density at radius 3 is 3.20 bits per heavy atom. The number of aromatic amines is 1. The minimum Gasteiger partial charge on any atom is -0.388 e. The molecule has 7 heteroatoms. The van der Waals surface area contributed by atoms with Crippen molar-refractivity contribution in [3.8, 4) is 0 Å². The van der Waals surface area contributed by atoms with Gasteiger partial charge in [0.1, 0.15) is 0 Å². The first-order valence-electron chi connectivity index (χ1n) is 8.72. The monoisotopic (exact) mass is 358 g/mol. The summed E-state index contributed by atoms with van der Waals surface area (Å²) in [5, 5.41) is 16.3. The molecule has 0 saturated heterocycles. The number of nitrogens with one attached hydrogen (secondary N) is 2. The molecule has 0 bridgehead atoms. The maximum atomic E-state index is 12.2. The number of nitrogens with zero attached hydrogens (tertiary/aromatic N) is 2. The van der Waals surface area contributed by atoms with Gasteiger partial charge in [0, 0.05) is 35.4 Å². The largest absolute Gasteiger partial charge is 0.388 e. The Balaban J connectivity index is 1.64. The third-order valence-electron chi connectivity index (χ3n) is 4.92. The van der Waals surface area contributed by atoms with Gasteiger partial charge in [-0.2, -0.15) is 0 Å². The molecule has 0 radical (unpaired) electrons. The number of H-pyrrole nitrogens is 1. The summed E-state index contributed by atoms with van der Waals surface area (Å²) < 4.78 is 5.90. The van der Waals surface area contributed by atoms with E-state index in [1.54, 1.807) is 4.57 Å². The molecule has 1 unspecified atom stereocenters. The van der Waals surface area contributed by atoms with E-state index in [-0.39, 0.29) is 11.7 Å². The van der Waals surface area contributed by atoms with E-state index in [0.29, 0.717) is 13.0 Å². The van der Waals surface area contributed by atoms with E-state index < -0.39 is 6.10 Å². The van der Waals surface area contributed by atoms with E-state index in [1.807, 2.05) is 18.3 Å². The van der Waals surface area contributed by atoms with Crippen LogP contribution < -0.4 is 11.0 Å². The summed E-state index contributed by atoms with van der Waals surface area (Å²) in [6.07, 6.45) is 4.78. The molecule has 3 aromatic rings. The molecule has 1 aliphatic rings. The summed E-state index contributed by atoms with van der Waals surface area (Å²) >= 11 is 1.48. The highest BCUT2D eigenvalue weighted by atomic mass is 32.1. The summed E-state index contributed by atoms with van der Waals surface area (Å²) in [6.45, 7) is 2.79. The van der Waals surface area contributed by atoms with Gasteiger partial charge in [0.05, 0.1) is 17.1 Å². The highest BCUT2D eigenvalue weighted by Crippen LogP contribution is 2.35. The third-order valence-corrected chi connectivity index (χ3v) is 5.55. The molecule has 0 saturated carbocycles. The molecule has 25 heavy (non-hydrogen) atoms. The van der Waals surface area contributed by atoms with Crippen LogP contribution in [0.1, 0.15) is 43.4 Å². The fourth-order valence-corrected chi connectivity index (χ4v) is 4.19. The highest BCUT2D eigenvalue weighted by Gasteiger charge is 2.24. The summed E-state index contributed by atoms with van der Waals surface area (Å²) in [5.41, 5.74) is 4.56. The highest BCUT2D eigenvalue weighted by molar-refractivity contribution is 7.03. The number of imidazole rings is 1. The van der Waals surface area contributed by atoms with Gasteiger partial charge in [-0.25, -0.2) is 9.17 Å². The van der Waals surface area contributed by atoms with Crippen molar-refractivity contribution >= 4 is 28.3 Å². The Hall–Kier alpha value is -2.12. The number of aromatic nitrogens is 3. The molecule has 1 aliphatic heterocycles. The van der Waals surface area contributed by atoms with Gasteiger partial charge in [-0.1, -0.05) is 0 Å². The van der Waals surface area contributed by atoms with Gasteiger partial charge in [-0.15, -0.1) is 0 Å². The molecule has 4 rings (SSSR count). The first-order chi connectivity index (χ1) is 12.1. The summed E-state index contributed by atoms with van der Waals surface area (Å²) in [7, 11) is 0. The van der Waals surface area contributed by atoms with Gasteiger partial charge in [0.15, 0.2) is 0 Å². The zero-order valence-corrected chi connectivity index (χ0v) is 15.0. The molecule has 2 aromatic heterocycles. The molecular weight excluding hydrogens is 336 g/mol. The first-order valence-corrected chi connectivity index (χ1v) is 9.55. The zero-order chi connectivity index (χ0) is 17.4. The lowest BCUT2D eigenvalue weighted by molar-refractivity contribution is 0.167. The second-order valence-electron chi connectivity index (χ2n) is 6.78. The van der Waals surface area contributed by atoms with Crippen molar-refractivity contribution in [1.82, 2.24) is 13.9 Å². The Labute approximate surface area is 149 Å². The number of hydrogen-bond donors (Lipinski definition) is 3. The van der Waals surface area contributed by atoms with Crippen LogP contribution in [0.3, 0.4) is 0 Å². The van der Waals surface area contributed by atoms with Crippen LogP contribution in [0.4, 0.5) is 5.69 Å². The topological polar surface area (TPSA) is 82.9 Å². The molecule has 2 atom stereocenters. The number of anilines is 1. The van der Waals surface area contributed by atoms with Crippen molar-refractivity contribution in [2.24, 2.45) is 0 Å². The Morgan fingerprint density at radius 2 is 2.40 bits per heavy atom. The average Bonchev–Trinajstić information content (AvgIpc) is 3.16. The molecule has 0 fully saturated rings. The number of benzene rings is 1. The second-order valence-corrected chi connectivity index (χ2v) is 7.44. The van der Waals surface area contributed by atoms with E-state index in [0.717, 1.165) is 41.5 Å². The van der Waals surface area contributed by atoms with Crippen LogP contribution in [0.15, 0.2) is 28.5 Å². The summed E-state index contributed by atoms with van der Waals surface area (Å²) in [6, 6.07) is 4.14. The van der Waals surface area contributed by atoms with E-state index in [4.69, 9.17) is 0 Å². The molecule has 3 N–H and O–H groups in total. The fraction of sp³-hybridized carbons (Fsp3) is 0.444. The first kappa shape index (κ1) is 16.4. The van der Waals surface area contributed by atoms with Crippen LogP contribution in [0.25, 0.3) is 11.0 Å². The molecule has 1 aromatic carbocycles. The van der Waals surface area contributed by atoms with Crippen molar-refractivity contribution in [1.29, 1.82) is 0 Å². The van der Waals surface area contributed by atoms with Crippen LogP contribution in [-0.4, -0.2) is 25.1 Å². The zero-order valence-electron chi connectivity index (χ0n) is 14.2. The van der Waals surface area contributed by atoms with Crippen molar-refractivity contribution < 1.29 is 5.11 Å². The van der Waals surface area contributed by atoms with Crippen molar-refractivity contribution in [2.75, 3.05) is 5.32 Å². The smallest absolute Gasteiger partial charge is 0.326 e. The van der Waals surface area contributed by atoms with Crippen LogP contribution >= 0.6 is 11.5 Å². The third kappa shape index (κ3) is 3.09. The van der Waals surface area contributed by atoms with Gasteiger partial charge in [0.25, 0.3) is 0 Å². The molecule has 0 spiro atoms. The maximum absolute atomic E-state index is 12.2. The quantitative estimate of drug-likeness (QED) is 0.655. The Kier molecular flexibility index (Phi) is 4.35. The predicted molar refractivity (Wildman–Crippen MR) is 100 cm³/mol. The van der Waals surface area contributed by atoms with Crippen LogP contribution in [0.5, 0.6) is 0 Å². The van der Waals surface area contributed by atoms with Crippen molar-refractivity contribution in [3.05, 3.63) is 45.3 Å². The van der Waals surface area contributed by atoms with Crippen LogP contribution in [-0.2, 0) is 13.0 Å². The normalized spacial score (nSPS) is 18.2. The van der Waals surface area contributed by atoms with Gasteiger partial charge in [-0.05, 0) is 61.8 Å². The minimum atomic E-state index is -0.552. The molecule has 6 nitrogen and oxygen atoms in total. The molecular formula is C18H22N4O2S. The van der Waals surface area contributed by atoms with Crippen molar-refractivity contribution in [3.63, 3.8) is 0 Å². The summed E-state index contributed by atoms with van der Waals surface area (Å²) in [4.78, 5) is 15.1. The van der Waals surface area contributed by atoms with Gasteiger partial charge in [0.2, 0.25) is 0 Å². The number of aliphatic hydroxyl groups is 1. The molecule has 0 amide bonds. The average molecular weight is 358 g/mol. The van der Waals surface area contributed by atoms with E-state index in [2.05, 4.69) is 27.0 Å². The second kappa shape index (κ2) is 6.65. The number of aliphatic hydroxyl groups excluding tert-OH is 1. The minimum absolute atomic E-state index is 0.0968. The number of rotatable bonds is 5. The predicted octanol–water partition coefficient (Wildman–Crippen LogP) is 3.05. The molecule has 132 valence electrons. The Morgan fingerprint density at radius 1 is 1.52 bits per heavy atom. The Bertz CT molecular complexity index is 929. The standard InChI is InChI=1S/C18H22N4O2S/c1-11(4-5-12-9-19-25-10-12)20-13-6-7-14-17-16(13)15(23)3-2-8-22(17)18(24)21-14/h6-7,9-11,15,20,23H,2-5,8H2,1H3,(H,21,24)/t11-,15?/m1/s1. The maximum Gasteiger partial charge on any atom is 0.326 e. The lowest BCUT2D eigenvalue weighted by atomic mass is 10.0. The number of aryl methyl sites for hydroxylation is 2. The van der Waals surface area contributed by atoms with Crippen molar-refractivity contribution in [2.45, 2.75) is 51.3 Å². The van der Waals surface area contributed by atoms with Crippen LogP contribution in [0.2, 0.25) is 0 Å². The lowest BCUT2D eigenvalue weighted by Crippen LogP contribution is -2.18. The molecule has 3 heterocycles. The van der Waals surface area contributed by atoms with Gasteiger partial charge in [-0.3, -0.25) is 4.57 Å². The number of hydrogen-bond acceptors (Lipinski definition) is 5. The summed E-state index contributed by atoms with van der Waals surface area (Å²) in [5.74, 6) is 0. The van der Waals surface area contributed by atoms with Gasteiger partial charge >= 0.3 is 5.69 Å². The fourth-order valence-electron chi connectivity index (χ4n) is 3.62. The van der Waals surface area contributed by atoms with E-state index in [1.165, 1.54) is 17.1 Å². The lowest BCUT2D eigenvalue weighted by Gasteiger charge is -2.20. The van der Waals surface area contributed by atoms with E-state index in [9.17, 15) is 9.90 Å². The van der Waals surface area contributed by atoms with E-state index >= 15 is 0 Å². The van der Waals surface area contributed by atoms with Gasteiger partial charge < -0.3 is 15.4 Å². The molecule has 0 aliphatic carbocycles. The SMILES string of the molecule is C[C@H](CCc1cnsc1)Nc1ccc2[nH]c(=O)n3c2c1C(O)CCC3. The van der Waals surface area contributed by atoms with Crippen LogP contribution in [0, 0.1) is 0 Å².